The Morgan fingerprint density at radius 3 is 2.44 bits per heavy atom. The van der Waals surface area contributed by atoms with Gasteiger partial charge in [-0.25, -0.2) is 8.42 Å². The number of aryl methyl sites for hydroxylation is 1. The molecular weight excluding hydrogens is 473 g/mol. The summed E-state index contributed by atoms with van der Waals surface area (Å²) in [6, 6.07) is 17.5. The van der Waals surface area contributed by atoms with Crippen LogP contribution in [0.1, 0.15) is 16.8 Å². The molecule has 0 aliphatic rings. The monoisotopic (exact) mass is 492 g/mol. The first kappa shape index (κ1) is 25.1. The molecule has 2 aromatic carbocycles. The Kier molecular flexibility index (Phi) is 7.20. The number of aromatic nitrogens is 2. The van der Waals surface area contributed by atoms with Gasteiger partial charge in [-0.05, 0) is 41.5 Å². The van der Waals surface area contributed by atoms with Crippen molar-refractivity contribution in [1.82, 2.24) is 4.98 Å². The second kappa shape index (κ2) is 9.75. The van der Waals surface area contributed by atoms with Crippen LogP contribution in [0.15, 0.2) is 60.8 Å². The third kappa shape index (κ3) is 5.50. The molecule has 2 heterocycles. The minimum Gasteiger partial charge on any atom is -0.741 e. The number of rotatable bonds is 3. The van der Waals surface area contributed by atoms with Gasteiger partial charge in [0.2, 0.25) is 11.2 Å². The average molecular weight is 492 g/mol. The van der Waals surface area contributed by atoms with E-state index in [4.69, 9.17) is 13.0 Å². The lowest BCUT2D eigenvalue weighted by molar-refractivity contribution is -0.646. The molecule has 4 rings (SSSR count). The van der Waals surface area contributed by atoms with Gasteiger partial charge >= 0.3 is 5.51 Å². The van der Waals surface area contributed by atoms with Gasteiger partial charge < -0.3 is 14.8 Å². The Balaban J connectivity index is 0.000000350. The van der Waals surface area contributed by atoms with Crippen LogP contribution in [0.3, 0.4) is 0 Å². The maximum absolute atomic E-state index is 10.7. The van der Waals surface area contributed by atoms with Crippen molar-refractivity contribution in [2.45, 2.75) is 12.1 Å². The Hall–Kier alpha value is -3.54. The summed E-state index contributed by atoms with van der Waals surface area (Å²) in [5.74, 6) is 0.189. The molecular formula is C23H19F3N2O5S. The Labute approximate surface area is 192 Å². The van der Waals surface area contributed by atoms with E-state index in [-0.39, 0.29) is 12.4 Å². The summed E-state index contributed by atoms with van der Waals surface area (Å²) in [6.07, 6.45) is 5.77. The Morgan fingerprint density at radius 2 is 1.79 bits per heavy atom. The normalized spacial score (nSPS) is 12.2. The maximum atomic E-state index is 10.7. The number of aliphatic hydroxyl groups is 1. The number of hydrogen-bond acceptors (Lipinski definition) is 6. The molecule has 4 aromatic rings. The molecule has 0 radical (unpaired) electrons. The number of hydrogen-bond donors (Lipinski definition) is 2. The van der Waals surface area contributed by atoms with Crippen molar-refractivity contribution in [3.8, 4) is 5.75 Å². The minimum atomic E-state index is -6.09. The van der Waals surface area contributed by atoms with Crippen molar-refractivity contribution in [3.63, 3.8) is 0 Å². The van der Waals surface area contributed by atoms with Crippen LogP contribution in [0, 0.1) is 0 Å². The first-order valence-corrected chi connectivity index (χ1v) is 11.1. The van der Waals surface area contributed by atoms with Crippen LogP contribution < -0.4 is 4.57 Å². The first-order valence-electron chi connectivity index (χ1n) is 9.72. The van der Waals surface area contributed by atoms with Gasteiger partial charge in [0.05, 0.1) is 6.61 Å². The molecule has 0 saturated heterocycles. The van der Waals surface area contributed by atoms with Crippen molar-refractivity contribution in [3.05, 3.63) is 77.6 Å². The number of alkyl halides is 3. The highest BCUT2D eigenvalue weighted by molar-refractivity contribution is 7.86. The van der Waals surface area contributed by atoms with E-state index in [0.717, 1.165) is 33.1 Å². The van der Waals surface area contributed by atoms with Crippen molar-refractivity contribution in [1.29, 1.82) is 0 Å². The number of aromatic hydroxyl groups is 1. The van der Waals surface area contributed by atoms with Gasteiger partial charge in [-0.2, -0.15) is 17.7 Å². The van der Waals surface area contributed by atoms with Crippen LogP contribution >= 0.6 is 0 Å². The van der Waals surface area contributed by atoms with Gasteiger partial charge in [0.15, 0.2) is 10.1 Å². The molecule has 0 saturated carbocycles. The zero-order valence-corrected chi connectivity index (χ0v) is 18.5. The quantitative estimate of drug-likeness (QED) is 0.257. The number of halogens is 3. The molecule has 34 heavy (non-hydrogen) atoms. The van der Waals surface area contributed by atoms with Gasteiger partial charge in [0.25, 0.3) is 0 Å². The van der Waals surface area contributed by atoms with E-state index < -0.39 is 15.6 Å². The van der Waals surface area contributed by atoms with E-state index in [0.29, 0.717) is 5.52 Å². The van der Waals surface area contributed by atoms with Crippen molar-refractivity contribution < 1.29 is 40.9 Å². The fourth-order valence-electron chi connectivity index (χ4n) is 3.23. The number of phenolic OH excluding ortho intramolecular Hbond substituents is 1. The fourth-order valence-corrected chi connectivity index (χ4v) is 3.23. The summed E-state index contributed by atoms with van der Waals surface area (Å²) in [4.78, 5) is 4.26. The highest BCUT2D eigenvalue weighted by atomic mass is 32.2. The van der Waals surface area contributed by atoms with Crippen molar-refractivity contribution in [2.24, 2.45) is 7.05 Å². The van der Waals surface area contributed by atoms with Crippen LogP contribution in [0.5, 0.6) is 5.75 Å². The van der Waals surface area contributed by atoms with E-state index in [2.05, 4.69) is 27.8 Å². The number of pyridine rings is 2. The predicted molar refractivity (Wildman–Crippen MR) is 119 cm³/mol. The maximum Gasteiger partial charge on any atom is 0.485 e. The van der Waals surface area contributed by atoms with Crippen LogP contribution in [0.4, 0.5) is 13.2 Å². The molecule has 11 heteroatoms. The van der Waals surface area contributed by atoms with E-state index in [1.54, 1.807) is 12.3 Å². The van der Waals surface area contributed by atoms with E-state index in [1.165, 1.54) is 0 Å². The van der Waals surface area contributed by atoms with Crippen LogP contribution in [-0.2, 0) is 23.8 Å². The highest BCUT2D eigenvalue weighted by Crippen LogP contribution is 2.26. The standard InChI is InChI=1S/C22H18N2O2.CHF3O3S/c1-24-18(9-6-17-13-15(14-25)4-10-20(17)24)8-5-16-7-11-21(26)22-19(16)3-2-12-23-22;2-1(3,4)8(5,6)7/h2-13,25H,14H2,1H3;(H,5,6,7). The van der Waals surface area contributed by atoms with Gasteiger partial charge in [0, 0.05) is 35.2 Å². The first-order chi connectivity index (χ1) is 15.9. The van der Waals surface area contributed by atoms with Crippen molar-refractivity contribution >= 4 is 44.1 Å². The zero-order chi connectivity index (χ0) is 25.1. The minimum absolute atomic E-state index is 0.0449. The lowest BCUT2D eigenvalue weighted by Crippen LogP contribution is -2.32. The molecule has 0 atom stereocenters. The fraction of sp³-hybridized carbons (Fsp3) is 0.130. The molecule has 0 spiro atoms. The summed E-state index contributed by atoms with van der Waals surface area (Å²) < 4.78 is 61.0. The number of fused-ring (bicyclic) bond motifs is 2. The SMILES string of the molecule is C[n+]1c(C=Cc2ccc(O)c3ncccc23)ccc2cc(CO)ccc21.O=S(=O)([O-])C(F)(F)F. The molecule has 0 amide bonds. The van der Waals surface area contributed by atoms with Gasteiger partial charge in [0.1, 0.15) is 18.3 Å². The lowest BCUT2D eigenvalue weighted by Gasteiger charge is -2.08. The van der Waals surface area contributed by atoms with Crippen LogP contribution in [0.2, 0.25) is 0 Å². The largest absolute Gasteiger partial charge is 0.741 e. The molecule has 0 unspecified atom stereocenters. The molecule has 2 N–H and O–H groups in total. The molecule has 0 bridgehead atoms. The summed E-state index contributed by atoms with van der Waals surface area (Å²) in [5.41, 5.74) is -0.979. The number of nitrogens with zero attached hydrogens (tertiary/aromatic N) is 2. The smallest absolute Gasteiger partial charge is 0.485 e. The summed E-state index contributed by atoms with van der Waals surface area (Å²) in [7, 11) is -4.07. The number of phenols is 1. The van der Waals surface area contributed by atoms with Gasteiger partial charge in [-0.15, -0.1) is 0 Å². The summed E-state index contributed by atoms with van der Waals surface area (Å²) >= 11 is 0. The predicted octanol–water partition coefficient (Wildman–Crippen LogP) is 3.63. The molecule has 0 aliphatic heterocycles. The third-order valence-electron chi connectivity index (χ3n) is 4.96. The molecule has 2 aromatic heterocycles. The second-order valence-electron chi connectivity index (χ2n) is 7.18. The number of aliphatic hydroxyl groups excluding tert-OH is 1. The van der Waals surface area contributed by atoms with E-state index in [1.807, 2.05) is 49.5 Å². The third-order valence-corrected chi connectivity index (χ3v) is 5.52. The van der Waals surface area contributed by atoms with Crippen molar-refractivity contribution in [2.75, 3.05) is 0 Å². The van der Waals surface area contributed by atoms with Crippen LogP contribution in [-0.4, -0.2) is 33.7 Å². The van der Waals surface area contributed by atoms with Gasteiger partial charge in [-0.3, -0.25) is 4.98 Å². The summed E-state index contributed by atoms with van der Waals surface area (Å²) in [6.45, 7) is 0.0449. The van der Waals surface area contributed by atoms with E-state index >= 15 is 0 Å². The molecule has 7 nitrogen and oxygen atoms in total. The summed E-state index contributed by atoms with van der Waals surface area (Å²) in [5, 5.41) is 21.3. The average Bonchev–Trinajstić information content (AvgIpc) is 2.79. The van der Waals surface area contributed by atoms with Gasteiger partial charge in [-0.1, -0.05) is 18.2 Å². The Bertz CT molecular complexity index is 1490. The Morgan fingerprint density at radius 1 is 1.09 bits per heavy atom. The lowest BCUT2D eigenvalue weighted by atomic mass is 10.1. The zero-order valence-electron chi connectivity index (χ0n) is 17.7. The van der Waals surface area contributed by atoms with E-state index in [9.17, 15) is 23.4 Å². The second-order valence-corrected chi connectivity index (χ2v) is 8.55. The molecule has 0 aliphatic carbocycles. The molecule has 0 fully saturated rings. The topological polar surface area (TPSA) is 114 Å². The van der Waals surface area contributed by atoms with Crippen LogP contribution in [0.25, 0.3) is 34.0 Å². The number of benzene rings is 2. The molecule has 178 valence electrons. The highest BCUT2D eigenvalue weighted by Gasteiger charge is 2.36.